The van der Waals surface area contributed by atoms with Crippen LogP contribution < -0.4 is 10.6 Å². The number of thioether (sulfide) groups is 1. The molecule has 9 heteroatoms. The molecule has 2 heterocycles. The van der Waals surface area contributed by atoms with E-state index in [2.05, 4.69) is 17.6 Å². The van der Waals surface area contributed by atoms with Crippen molar-refractivity contribution in [3.8, 4) is 0 Å². The topological polar surface area (TPSA) is 109 Å². The molecule has 1 spiro atoms. The lowest BCUT2D eigenvalue weighted by Crippen LogP contribution is -3.00. The highest BCUT2D eigenvalue weighted by molar-refractivity contribution is 8.00. The number of amides is 2. The second-order valence-corrected chi connectivity index (χ2v) is 9.45. The molecular weight excluding hydrogens is 392 g/mol. The third-order valence-corrected chi connectivity index (χ3v) is 7.59. The molecule has 8 nitrogen and oxygen atoms in total. The van der Waals surface area contributed by atoms with Gasteiger partial charge in [0.05, 0.1) is 10.7 Å². The molecule has 0 unspecified atom stereocenters. The van der Waals surface area contributed by atoms with Gasteiger partial charge in [-0.25, -0.2) is 0 Å². The molecule has 158 valence electrons. The number of quaternary nitrogens is 1. The summed E-state index contributed by atoms with van der Waals surface area (Å²) in [7, 11) is 0. The molecule has 2 amide bonds. The van der Waals surface area contributed by atoms with Gasteiger partial charge in [-0.15, -0.1) is 0 Å². The normalized spacial score (nSPS) is 21.8. The van der Waals surface area contributed by atoms with E-state index in [1.54, 1.807) is 24.0 Å². The van der Waals surface area contributed by atoms with E-state index >= 15 is 0 Å². The van der Waals surface area contributed by atoms with Crippen molar-refractivity contribution in [1.29, 1.82) is 0 Å². The molecule has 2 atom stereocenters. The van der Waals surface area contributed by atoms with Crippen LogP contribution in [0, 0.1) is 17.0 Å². The summed E-state index contributed by atoms with van der Waals surface area (Å²) in [6.07, 6.45) is 2.50. The minimum atomic E-state index is -0.452. The van der Waals surface area contributed by atoms with Crippen molar-refractivity contribution in [1.82, 2.24) is 10.2 Å². The lowest BCUT2D eigenvalue weighted by molar-refractivity contribution is -0.714. The number of carbonyl (C=O) groups excluding carboxylic acids is 2. The number of benzene rings is 1. The minimum Gasteiger partial charge on any atom is -0.348 e. The second kappa shape index (κ2) is 8.71. The Balaban J connectivity index is 1.59. The van der Waals surface area contributed by atoms with Gasteiger partial charge in [0.1, 0.15) is 4.87 Å². The quantitative estimate of drug-likeness (QED) is 0.552. The second-order valence-electron chi connectivity index (χ2n) is 8.02. The summed E-state index contributed by atoms with van der Waals surface area (Å²) in [5, 5.41) is 16.4. The lowest BCUT2D eigenvalue weighted by atomic mass is 10.0. The molecular formula is C20H29N4O4S+. The van der Waals surface area contributed by atoms with Crippen molar-refractivity contribution in [2.75, 3.05) is 18.8 Å². The number of carbonyl (C=O) groups is 2. The maximum absolute atomic E-state index is 12.8. The van der Waals surface area contributed by atoms with Crippen LogP contribution in [0.25, 0.3) is 0 Å². The molecule has 0 aromatic heterocycles. The van der Waals surface area contributed by atoms with Crippen LogP contribution >= 0.6 is 11.8 Å². The molecule has 2 aliphatic rings. The minimum absolute atomic E-state index is 0.0285. The highest BCUT2D eigenvalue weighted by Crippen LogP contribution is 2.34. The fourth-order valence-electron chi connectivity index (χ4n) is 3.84. The molecule has 0 saturated carbocycles. The van der Waals surface area contributed by atoms with Crippen LogP contribution in [0.4, 0.5) is 5.69 Å². The number of nitro groups is 1. The van der Waals surface area contributed by atoms with Gasteiger partial charge in [-0.05, 0) is 26.3 Å². The first-order valence-corrected chi connectivity index (χ1v) is 11.1. The summed E-state index contributed by atoms with van der Waals surface area (Å²) in [4.78, 5) is 37.7. The van der Waals surface area contributed by atoms with Crippen LogP contribution in [0.2, 0.25) is 0 Å². The van der Waals surface area contributed by atoms with Crippen LogP contribution in [0.5, 0.6) is 0 Å². The summed E-state index contributed by atoms with van der Waals surface area (Å²) in [5.74, 6) is 0.701. The van der Waals surface area contributed by atoms with Gasteiger partial charge in [0, 0.05) is 49.2 Å². The summed E-state index contributed by atoms with van der Waals surface area (Å²) in [6.45, 7) is 6.90. The smallest absolute Gasteiger partial charge is 0.279 e. The molecule has 3 rings (SSSR count). The third-order valence-electron chi connectivity index (χ3n) is 5.94. The number of likely N-dealkylation sites (tertiary alicyclic amines) is 1. The molecule has 0 aliphatic carbocycles. The summed E-state index contributed by atoms with van der Waals surface area (Å²) in [6, 6.07) is 4.73. The molecule has 29 heavy (non-hydrogen) atoms. The fraction of sp³-hybridized carbons (Fsp3) is 0.600. The van der Waals surface area contributed by atoms with Gasteiger partial charge in [0.2, 0.25) is 0 Å². The van der Waals surface area contributed by atoms with Crippen molar-refractivity contribution >= 4 is 29.3 Å². The van der Waals surface area contributed by atoms with Crippen molar-refractivity contribution < 1.29 is 19.8 Å². The van der Waals surface area contributed by atoms with E-state index in [-0.39, 0.29) is 34.5 Å². The van der Waals surface area contributed by atoms with Crippen molar-refractivity contribution in [2.45, 2.75) is 57.0 Å². The number of nitrogens with zero attached hydrogens (tertiary/aromatic N) is 2. The largest absolute Gasteiger partial charge is 0.348 e. The van der Waals surface area contributed by atoms with Crippen LogP contribution in [0.3, 0.4) is 0 Å². The highest BCUT2D eigenvalue weighted by atomic mass is 32.2. The summed E-state index contributed by atoms with van der Waals surface area (Å²) < 4.78 is 0. The fourth-order valence-corrected chi connectivity index (χ4v) is 5.33. The number of nitro benzene ring substituents is 1. The van der Waals surface area contributed by atoms with E-state index in [0.29, 0.717) is 24.2 Å². The monoisotopic (exact) mass is 421 g/mol. The molecule has 0 radical (unpaired) electrons. The Labute approximate surface area is 174 Å². The zero-order valence-corrected chi connectivity index (χ0v) is 18.0. The number of hydrogen-bond donors (Lipinski definition) is 2. The van der Waals surface area contributed by atoms with Gasteiger partial charge in [-0.3, -0.25) is 19.7 Å². The van der Waals surface area contributed by atoms with E-state index in [1.807, 2.05) is 18.7 Å². The van der Waals surface area contributed by atoms with Crippen LogP contribution in [0.1, 0.15) is 49.0 Å². The van der Waals surface area contributed by atoms with E-state index in [0.717, 1.165) is 25.0 Å². The van der Waals surface area contributed by atoms with Gasteiger partial charge in [-0.2, -0.15) is 0 Å². The number of aryl methyl sites for hydroxylation is 1. The van der Waals surface area contributed by atoms with E-state index in [4.69, 9.17) is 0 Å². The van der Waals surface area contributed by atoms with Gasteiger partial charge >= 0.3 is 0 Å². The van der Waals surface area contributed by atoms with Crippen molar-refractivity contribution in [3.63, 3.8) is 0 Å². The maximum Gasteiger partial charge on any atom is 0.279 e. The number of piperidine rings is 1. The van der Waals surface area contributed by atoms with Gasteiger partial charge in [-0.1, -0.05) is 24.8 Å². The van der Waals surface area contributed by atoms with Crippen LogP contribution in [-0.4, -0.2) is 57.4 Å². The molecule has 2 aliphatic heterocycles. The standard InChI is InChI=1S/C20H28N4O4S/c1-4-14(3)21-18(25)16-12-29-20(22-16)7-9-23(10-8-20)19(26)15-6-5-13(2)17(11-15)24(27)28/h5-6,11,14,16,22H,4,7-10,12H2,1-3H3,(H,21,25)/p+1/t14-,16+/m0/s1. The zero-order valence-electron chi connectivity index (χ0n) is 17.1. The van der Waals surface area contributed by atoms with Crippen LogP contribution in [-0.2, 0) is 4.79 Å². The first kappa shape index (κ1) is 21.6. The van der Waals surface area contributed by atoms with E-state index in [1.165, 1.54) is 6.07 Å². The Hall–Kier alpha value is -2.13. The lowest BCUT2D eigenvalue weighted by Gasteiger charge is -2.36. The molecule has 2 fully saturated rings. The summed E-state index contributed by atoms with van der Waals surface area (Å²) >= 11 is 1.81. The summed E-state index contributed by atoms with van der Waals surface area (Å²) in [5.41, 5.74) is 0.870. The van der Waals surface area contributed by atoms with Crippen molar-refractivity contribution in [3.05, 3.63) is 39.4 Å². The zero-order chi connectivity index (χ0) is 21.2. The molecule has 2 saturated heterocycles. The van der Waals surface area contributed by atoms with Crippen molar-refractivity contribution in [2.24, 2.45) is 0 Å². The van der Waals surface area contributed by atoms with Gasteiger partial charge in [0.15, 0.2) is 6.04 Å². The number of rotatable bonds is 5. The Morgan fingerprint density at radius 3 is 2.72 bits per heavy atom. The Bertz CT molecular complexity index is 808. The Kier molecular flexibility index (Phi) is 6.48. The van der Waals surface area contributed by atoms with E-state index < -0.39 is 4.92 Å². The predicted molar refractivity (Wildman–Crippen MR) is 112 cm³/mol. The third kappa shape index (κ3) is 4.72. The van der Waals surface area contributed by atoms with Crippen LogP contribution in [0.15, 0.2) is 18.2 Å². The molecule has 1 aromatic carbocycles. The SMILES string of the molecule is CC[C@H](C)NC(=O)[C@H]1CSC2(CCN(C(=O)c3ccc(C)c([N+](=O)[O-])c3)CC2)[NH2+]1. The van der Waals surface area contributed by atoms with E-state index in [9.17, 15) is 19.7 Å². The number of nitrogens with one attached hydrogen (secondary N) is 1. The van der Waals surface area contributed by atoms with Gasteiger partial charge in [0.25, 0.3) is 17.5 Å². The highest BCUT2D eigenvalue weighted by Gasteiger charge is 2.48. The number of hydrogen-bond acceptors (Lipinski definition) is 5. The maximum atomic E-state index is 12.8. The Morgan fingerprint density at radius 1 is 1.41 bits per heavy atom. The molecule has 1 aromatic rings. The average Bonchev–Trinajstić information content (AvgIpc) is 3.12. The Morgan fingerprint density at radius 2 is 2.10 bits per heavy atom. The average molecular weight is 422 g/mol. The first-order valence-electron chi connectivity index (χ1n) is 10.1. The van der Waals surface area contributed by atoms with Gasteiger partial charge < -0.3 is 15.5 Å². The predicted octanol–water partition coefficient (Wildman–Crippen LogP) is 1.43. The molecule has 0 bridgehead atoms. The first-order chi connectivity index (χ1) is 13.7. The number of nitrogens with two attached hydrogens (primary N) is 1. The molecule has 3 N–H and O–H groups in total.